The molecule has 2 aromatic rings. The Bertz CT molecular complexity index is 900. The van der Waals surface area contributed by atoms with Crippen LogP contribution in [0.4, 0.5) is 0 Å². The van der Waals surface area contributed by atoms with Crippen LogP contribution in [0.2, 0.25) is 0 Å². The van der Waals surface area contributed by atoms with Gasteiger partial charge < -0.3 is 9.47 Å². The number of Topliss-reactive ketones (excluding diaryl/α,β-unsaturated/α-hetero) is 1. The highest BCUT2D eigenvalue weighted by Crippen LogP contribution is 2.38. The van der Waals surface area contributed by atoms with Gasteiger partial charge in [0.15, 0.2) is 5.78 Å². The van der Waals surface area contributed by atoms with Crippen LogP contribution < -0.4 is 9.47 Å². The van der Waals surface area contributed by atoms with Gasteiger partial charge in [-0.3, -0.25) is 14.4 Å². The molecule has 0 saturated heterocycles. The van der Waals surface area contributed by atoms with Crippen LogP contribution in [-0.2, 0) is 9.59 Å². The summed E-state index contributed by atoms with van der Waals surface area (Å²) in [5.41, 5.74) is 0.308. The van der Waals surface area contributed by atoms with E-state index >= 15 is 0 Å². The second-order valence-electron chi connectivity index (χ2n) is 7.62. The van der Waals surface area contributed by atoms with E-state index in [1.807, 2.05) is 12.1 Å². The summed E-state index contributed by atoms with van der Waals surface area (Å²) in [6.07, 6.45) is 8.86. The first-order chi connectivity index (χ1) is 14.1. The molecule has 1 heterocycles. The van der Waals surface area contributed by atoms with E-state index in [2.05, 4.69) is 0 Å². The molecule has 0 spiro atoms. The van der Waals surface area contributed by atoms with Gasteiger partial charge in [0.05, 0.1) is 5.56 Å². The van der Waals surface area contributed by atoms with Gasteiger partial charge in [0.2, 0.25) is 0 Å². The zero-order valence-electron chi connectivity index (χ0n) is 17.0. The molecule has 0 atom stereocenters. The summed E-state index contributed by atoms with van der Waals surface area (Å²) >= 11 is 0. The van der Waals surface area contributed by atoms with Crippen molar-refractivity contribution in [3.63, 3.8) is 0 Å². The molecule has 0 radical (unpaired) electrons. The Hall–Kier alpha value is -2.69. The van der Waals surface area contributed by atoms with E-state index in [4.69, 9.17) is 9.47 Å². The van der Waals surface area contributed by atoms with Crippen molar-refractivity contribution in [2.45, 2.75) is 71.1 Å². The van der Waals surface area contributed by atoms with Gasteiger partial charge in [-0.15, -0.1) is 0 Å². The van der Waals surface area contributed by atoms with Crippen LogP contribution in [0.1, 0.15) is 81.5 Å². The molecule has 5 nitrogen and oxygen atoms in total. The molecule has 5 heteroatoms. The summed E-state index contributed by atoms with van der Waals surface area (Å²) in [5.74, 6) is -0.298. The van der Waals surface area contributed by atoms with Crippen molar-refractivity contribution in [2.24, 2.45) is 0 Å². The fraction of sp³-hybridized carbons (Fsp3) is 0.458. The van der Waals surface area contributed by atoms with Crippen LogP contribution in [0.15, 0.2) is 30.3 Å². The van der Waals surface area contributed by atoms with Gasteiger partial charge in [0, 0.05) is 30.5 Å². The van der Waals surface area contributed by atoms with Crippen LogP contribution in [0.5, 0.6) is 11.5 Å². The third-order valence-corrected chi connectivity index (χ3v) is 5.26. The number of ketones is 1. The van der Waals surface area contributed by atoms with Crippen LogP contribution in [0.3, 0.4) is 0 Å². The number of hydrogen-bond acceptors (Lipinski definition) is 5. The number of carbonyl (C=O) groups excluding carboxylic acids is 3. The Balaban J connectivity index is 2.04. The molecule has 1 aliphatic heterocycles. The smallest absolute Gasteiger partial charge is 0.311 e. The molecule has 2 aromatic carbocycles. The molecule has 154 valence electrons. The van der Waals surface area contributed by atoms with Crippen molar-refractivity contribution in [3.8, 4) is 11.5 Å². The van der Waals surface area contributed by atoms with Crippen LogP contribution in [0, 0.1) is 0 Å². The maximum Gasteiger partial charge on any atom is 0.311 e. The van der Waals surface area contributed by atoms with E-state index in [9.17, 15) is 14.4 Å². The Kier molecular flexibility index (Phi) is 7.39. The fourth-order valence-electron chi connectivity index (χ4n) is 3.79. The third-order valence-electron chi connectivity index (χ3n) is 5.26. The van der Waals surface area contributed by atoms with Gasteiger partial charge in [0.25, 0.3) is 0 Å². The Morgan fingerprint density at radius 1 is 0.862 bits per heavy atom. The van der Waals surface area contributed by atoms with Crippen molar-refractivity contribution in [1.29, 1.82) is 0 Å². The van der Waals surface area contributed by atoms with E-state index in [0.717, 1.165) is 44.9 Å². The molecule has 0 unspecified atom stereocenters. The molecule has 0 aromatic heterocycles. The number of esters is 2. The molecule has 0 bridgehead atoms. The van der Waals surface area contributed by atoms with E-state index in [0.29, 0.717) is 34.9 Å². The highest BCUT2D eigenvalue weighted by Gasteiger charge is 2.22. The summed E-state index contributed by atoms with van der Waals surface area (Å²) in [4.78, 5) is 37.1. The largest absolute Gasteiger partial charge is 0.426 e. The van der Waals surface area contributed by atoms with Crippen LogP contribution in [0.25, 0.3) is 10.8 Å². The van der Waals surface area contributed by atoms with E-state index < -0.39 is 5.97 Å². The summed E-state index contributed by atoms with van der Waals surface area (Å²) in [7, 11) is 0. The summed E-state index contributed by atoms with van der Waals surface area (Å²) in [6, 6.07) is 8.76. The maximum atomic E-state index is 13.0. The number of fused-ring (bicyclic) bond motifs is 3. The lowest BCUT2D eigenvalue weighted by Crippen LogP contribution is -2.13. The van der Waals surface area contributed by atoms with Crippen molar-refractivity contribution in [3.05, 3.63) is 35.9 Å². The molecule has 0 aliphatic carbocycles. The molecule has 0 amide bonds. The second kappa shape index (κ2) is 10.2. The number of rotatable bonds is 1. The average Bonchev–Trinajstić information content (AvgIpc) is 2.70. The SMILES string of the molecule is CC(=O)Oc1cc2c(c3ccccc13)OC(=O)CCCCCCCCCCC2=O. The maximum absolute atomic E-state index is 13.0. The number of benzene rings is 2. The number of ether oxygens (including phenoxy) is 2. The number of carbonyl (C=O) groups is 3. The quantitative estimate of drug-likeness (QED) is 0.452. The molecule has 0 N–H and O–H groups in total. The highest BCUT2D eigenvalue weighted by molar-refractivity contribution is 6.08. The van der Waals surface area contributed by atoms with Crippen molar-refractivity contribution in [1.82, 2.24) is 0 Å². The predicted molar refractivity (Wildman–Crippen MR) is 111 cm³/mol. The average molecular weight is 396 g/mol. The molecule has 1 aliphatic rings. The lowest BCUT2D eigenvalue weighted by molar-refractivity contribution is -0.134. The van der Waals surface area contributed by atoms with Crippen LogP contribution >= 0.6 is 0 Å². The molecular weight excluding hydrogens is 368 g/mol. The lowest BCUT2D eigenvalue weighted by Gasteiger charge is -2.15. The first-order valence-electron chi connectivity index (χ1n) is 10.5. The minimum atomic E-state index is -0.461. The number of hydrogen-bond donors (Lipinski definition) is 0. The Morgan fingerprint density at radius 2 is 1.45 bits per heavy atom. The molecule has 29 heavy (non-hydrogen) atoms. The molecule has 0 fully saturated rings. The zero-order chi connectivity index (χ0) is 20.6. The van der Waals surface area contributed by atoms with E-state index in [-0.39, 0.29) is 17.5 Å². The highest BCUT2D eigenvalue weighted by atomic mass is 16.5. The minimum absolute atomic E-state index is 0.0955. The van der Waals surface area contributed by atoms with Gasteiger partial charge in [-0.2, -0.15) is 0 Å². The van der Waals surface area contributed by atoms with Gasteiger partial charge >= 0.3 is 11.9 Å². The van der Waals surface area contributed by atoms with Gasteiger partial charge in [-0.1, -0.05) is 62.8 Å². The van der Waals surface area contributed by atoms with Crippen molar-refractivity contribution in [2.75, 3.05) is 0 Å². The third kappa shape index (κ3) is 5.66. The van der Waals surface area contributed by atoms with Crippen LogP contribution in [-0.4, -0.2) is 17.7 Å². The summed E-state index contributed by atoms with van der Waals surface area (Å²) in [6.45, 7) is 1.33. The first kappa shape index (κ1) is 21.0. The van der Waals surface area contributed by atoms with E-state index in [1.165, 1.54) is 13.3 Å². The Labute approximate surface area is 171 Å². The predicted octanol–water partition coefficient (Wildman–Crippen LogP) is 5.77. The van der Waals surface area contributed by atoms with Gasteiger partial charge in [0.1, 0.15) is 11.5 Å². The molecular formula is C24H28O5. The van der Waals surface area contributed by atoms with Gasteiger partial charge in [-0.05, 0) is 18.9 Å². The normalized spacial score (nSPS) is 17.0. The molecule has 3 rings (SSSR count). The molecule has 0 saturated carbocycles. The van der Waals surface area contributed by atoms with E-state index in [1.54, 1.807) is 18.2 Å². The second-order valence-corrected chi connectivity index (χ2v) is 7.62. The summed E-state index contributed by atoms with van der Waals surface area (Å²) in [5, 5.41) is 1.24. The van der Waals surface area contributed by atoms with Crippen molar-refractivity contribution >= 4 is 28.5 Å². The topological polar surface area (TPSA) is 69.7 Å². The zero-order valence-corrected chi connectivity index (χ0v) is 17.0. The van der Waals surface area contributed by atoms with Gasteiger partial charge in [-0.25, -0.2) is 0 Å². The monoisotopic (exact) mass is 396 g/mol. The standard InChI is InChI=1S/C24H28O5/c1-17(25)28-22-16-20-21(26)14-8-6-4-2-3-5-7-9-15-23(27)29-24(20)19-13-11-10-12-18(19)22/h10-13,16H,2-9,14-15H2,1H3. The lowest BCUT2D eigenvalue weighted by atomic mass is 9.98. The summed E-state index contributed by atoms with van der Waals surface area (Å²) < 4.78 is 11.1. The Morgan fingerprint density at radius 3 is 2.10 bits per heavy atom. The first-order valence-corrected chi connectivity index (χ1v) is 10.5. The fourth-order valence-corrected chi connectivity index (χ4v) is 3.79. The van der Waals surface area contributed by atoms with Crippen molar-refractivity contribution < 1.29 is 23.9 Å². The minimum Gasteiger partial charge on any atom is -0.426 e.